The third kappa shape index (κ3) is 4.94. The van der Waals surface area contributed by atoms with Gasteiger partial charge >= 0.3 is 6.18 Å². The van der Waals surface area contributed by atoms with E-state index in [1.165, 1.54) is 23.9 Å². The average Bonchev–Trinajstić information content (AvgIpc) is 2.53. The minimum absolute atomic E-state index is 0.0581. The fraction of sp³-hybridized carbons (Fsp3) is 0.312. The molecule has 0 radical (unpaired) electrons. The zero-order chi connectivity index (χ0) is 17.7. The van der Waals surface area contributed by atoms with E-state index >= 15 is 0 Å². The molecule has 0 fully saturated rings. The van der Waals surface area contributed by atoms with Gasteiger partial charge in [0.05, 0.1) is 11.3 Å². The lowest BCUT2D eigenvalue weighted by atomic mass is 10.1. The lowest BCUT2D eigenvalue weighted by Crippen LogP contribution is -2.14. The number of alkyl halides is 3. The van der Waals surface area contributed by atoms with E-state index in [0.29, 0.717) is 16.3 Å². The summed E-state index contributed by atoms with van der Waals surface area (Å²) < 4.78 is 38.6. The number of aromatic nitrogens is 2. The van der Waals surface area contributed by atoms with E-state index < -0.39 is 11.7 Å². The fourth-order valence-corrected chi connectivity index (χ4v) is 2.90. The normalized spacial score (nSPS) is 11.5. The van der Waals surface area contributed by atoms with Crippen molar-refractivity contribution in [2.24, 2.45) is 0 Å². The highest BCUT2D eigenvalue weighted by molar-refractivity contribution is 7.99. The zero-order valence-electron chi connectivity index (χ0n) is 13.1. The van der Waals surface area contributed by atoms with Crippen molar-refractivity contribution >= 4 is 11.8 Å². The maximum absolute atomic E-state index is 12.9. The molecule has 1 heterocycles. The first-order valence-electron chi connectivity index (χ1n) is 7.04. The molecular weight excluding hydrogens is 337 g/mol. The van der Waals surface area contributed by atoms with Gasteiger partial charge < -0.3 is 4.90 Å². The number of benzene rings is 1. The molecule has 0 saturated carbocycles. The smallest absolute Gasteiger partial charge is 0.309 e. The van der Waals surface area contributed by atoms with Gasteiger partial charge in [0, 0.05) is 17.9 Å². The van der Waals surface area contributed by atoms with Crippen LogP contribution in [0.4, 0.5) is 13.2 Å². The van der Waals surface area contributed by atoms with Crippen LogP contribution < -0.4 is 0 Å². The largest absolute Gasteiger partial charge is 0.416 e. The van der Waals surface area contributed by atoms with Gasteiger partial charge in [-0.25, -0.2) is 9.97 Å². The van der Waals surface area contributed by atoms with E-state index in [1.54, 1.807) is 6.07 Å². The van der Waals surface area contributed by atoms with Crippen LogP contribution in [0.3, 0.4) is 0 Å². The first-order valence-corrected chi connectivity index (χ1v) is 8.02. The van der Waals surface area contributed by atoms with Gasteiger partial charge in [0.1, 0.15) is 11.1 Å². The van der Waals surface area contributed by atoms with Crippen LogP contribution in [0, 0.1) is 11.3 Å². The number of hydrogen-bond donors (Lipinski definition) is 0. The molecule has 2 rings (SSSR count). The Bertz CT molecular complexity index is 754. The standard InChI is InChI=1S/C16H15F3N4S/c1-23(2)6-7-24-15-9-13(21-14(10-20)22-15)11-4-3-5-12(8-11)16(17,18)19/h3-5,8-9H,6-7H2,1-2H3. The summed E-state index contributed by atoms with van der Waals surface area (Å²) >= 11 is 1.43. The van der Waals surface area contributed by atoms with Crippen LogP contribution in [0.2, 0.25) is 0 Å². The molecule has 0 atom stereocenters. The Morgan fingerprint density at radius 2 is 1.96 bits per heavy atom. The number of nitriles is 1. The predicted molar refractivity (Wildman–Crippen MR) is 86.5 cm³/mol. The van der Waals surface area contributed by atoms with Crippen molar-refractivity contribution in [2.75, 3.05) is 26.4 Å². The summed E-state index contributed by atoms with van der Waals surface area (Å²) in [7, 11) is 3.88. The number of hydrogen-bond acceptors (Lipinski definition) is 5. The van der Waals surface area contributed by atoms with Gasteiger partial charge in [0.25, 0.3) is 0 Å². The zero-order valence-corrected chi connectivity index (χ0v) is 13.9. The summed E-state index contributed by atoms with van der Waals surface area (Å²) in [5, 5.41) is 9.62. The molecule has 1 aromatic heterocycles. The third-order valence-corrected chi connectivity index (χ3v) is 3.97. The van der Waals surface area contributed by atoms with E-state index in [4.69, 9.17) is 5.26 Å². The highest BCUT2D eigenvalue weighted by atomic mass is 32.2. The van der Waals surface area contributed by atoms with Crippen LogP contribution in [0.25, 0.3) is 11.3 Å². The molecule has 4 nitrogen and oxygen atoms in total. The van der Waals surface area contributed by atoms with Crippen molar-refractivity contribution < 1.29 is 13.2 Å². The summed E-state index contributed by atoms with van der Waals surface area (Å²) in [5.74, 6) is 0.689. The van der Waals surface area contributed by atoms with Crippen molar-refractivity contribution in [1.82, 2.24) is 14.9 Å². The van der Waals surface area contributed by atoms with E-state index in [-0.39, 0.29) is 5.82 Å². The molecule has 0 N–H and O–H groups in total. The Balaban J connectivity index is 2.34. The van der Waals surface area contributed by atoms with E-state index in [0.717, 1.165) is 24.4 Å². The van der Waals surface area contributed by atoms with Gasteiger partial charge in [0.15, 0.2) is 0 Å². The number of rotatable bonds is 5. The molecule has 0 amide bonds. The average molecular weight is 352 g/mol. The van der Waals surface area contributed by atoms with Gasteiger partial charge in [-0.1, -0.05) is 12.1 Å². The number of halogens is 3. The molecule has 0 aliphatic rings. The van der Waals surface area contributed by atoms with Crippen molar-refractivity contribution in [1.29, 1.82) is 5.26 Å². The van der Waals surface area contributed by atoms with Crippen LogP contribution in [-0.4, -0.2) is 41.3 Å². The summed E-state index contributed by atoms with van der Waals surface area (Å²) in [5.41, 5.74) is -0.142. The van der Waals surface area contributed by atoms with Gasteiger partial charge in [-0.05, 0) is 32.3 Å². The maximum Gasteiger partial charge on any atom is 0.416 e. The fourth-order valence-electron chi connectivity index (χ4n) is 1.88. The molecular formula is C16H15F3N4S. The maximum atomic E-state index is 12.9. The van der Waals surface area contributed by atoms with Crippen molar-refractivity contribution in [2.45, 2.75) is 11.2 Å². The van der Waals surface area contributed by atoms with Gasteiger partial charge in [-0.15, -0.1) is 11.8 Å². The Hall–Kier alpha value is -2.11. The topological polar surface area (TPSA) is 52.8 Å². The molecule has 1 aromatic carbocycles. The van der Waals surface area contributed by atoms with E-state index in [1.807, 2.05) is 25.1 Å². The molecule has 0 unspecified atom stereocenters. The van der Waals surface area contributed by atoms with Crippen LogP contribution >= 0.6 is 11.8 Å². The highest BCUT2D eigenvalue weighted by Crippen LogP contribution is 2.32. The Kier molecular flexibility index (Phi) is 5.80. The Labute approximate surface area is 142 Å². The lowest BCUT2D eigenvalue weighted by molar-refractivity contribution is -0.137. The van der Waals surface area contributed by atoms with E-state index in [9.17, 15) is 13.2 Å². The first-order chi connectivity index (χ1) is 11.3. The van der Waals surface area contributed by atoms with Crippen LogP contribution in [0.15, 0.2) is 35.4 Å². The molecule has 24 heavy (non-hydrogen) atoms. The minimum atomic E-state index is -4.43. The molecule has 0 spiro atoms. The molecule has 0 saturated heterocycles. The van der Waals surface area contributed by atoms with Crippen molar-refractivity contribution in [3.05, 3.63) is 41.7 Å². The summed E-state index contributed by atoms with van der Waals surface area (Å²) in [6.07, 6.45) is -4.43. The quantitative estimate of drug-likeness (QED) is 0.607. The van der Waals surface area contributed by atoms with Crippen molar-refractivity contribution in [3.8, 4) is 17.3 Å². The third-order valence-electron chi connectivity index (χ3n) is 3.08. The van der Waals surface area contributed by atoms with Crippen LogP contribution in [0.5, 0.6) is 0 Å². The van der Waals surface area contributed by atoms with Crippen LogP contribution in [-0.2, 0) is 6.18 Å². The highest BCUT2D eigenvalue weighted by Gasteiger charge is 2.30. The second kappa shape index (κ2) is 7.64. The monoisotopic (exact) mass is 352 g/mol. The second-order valence-corrected chi connectivity index (χ2v) is 6.37. The summed E-state index contributed by atoms with van der Waals surface area (Å²) in [6.45, 7) is 0.815. The van der Waals surface area contributed by atoms with E-state index in [2.05, 4.69) is 9.97 Å². The molecule has 126 valence electrons. The first kappa shape index (κ1) is 18.2. The van der Waals surface area contributed by atoms with Gasteiger partial charge in [-0.3, -0.25) is 0 Å². The molecule has 8 heteroatoms. The SMILES string of the molecule is CN(C)CCSc1cc(-c2cccc(C(F)(F)F)c2)nc(C#N)n1. The minimum Gasteiger partial charge on any atom is -0.309 e. The number of nitrogens with zero attached hydrogens (tertiary/aromatic N) is 4. The molecule has 0 aliphatic heterocycles. The molecule has 0 aliphatic carbocycles. The number of thioether (sulfide) groups is 1. The lowest BCUT2D eigenvalue weighted by Gasteiger charge is -2.10. The predicted octanol–water partition coefficient (Wildman–Crippen LogP) is 3.69. The van der Waals surface area contributed by atoms with Gasteiger partial charge in [-0.2, -0.15) is 18.4 Å². The van der Waals surface area contributed by atoms with Crippen LogP contribution in [0.1, 0.15) is 11.4 Å². The second-order valence-electron chi connectivity index (χ2n) is 5.26. The van der Waals surface area contributed by atoms with Gasteiger partial charge in [0.2, 0.25) is 5.82 Å². The molecule has 0 bridgehead atoms. The molecule has 2 aromatic rings. The summed E-state index contributed by atoms with van der Waals surface area (Å²) in [4.78, 5) is 10.1. The Morgan fingerprint density at radius 1 is 1.21 bits per heavy atom. The van der Waals surface area contributed by atoms with Crippen molar-refractivity contribution in [3.63, 3.8) is 0 Å². The Morgan fingerprint density at radius 3 is 2.58 bits per heavy atom. The summed E-state index contributed by atoms with van der Waals surface area (Å²) in [6, 6.07) is 8.35.